The van der Waals surface area contributed by atoms with Gasteiger partial charge < -0.3 is 9.47 Å². The van der Waals surface area contributed by atoms with Gasteiger partial charge in [0.25, 0.3) is 6.08 Å². The van der Waals surface area contributed by atoms with Crippen molar-refractivity contribution in [3.8, 4) is 0 Å². The molecular weight excluding hydrogens is 454 g/mol. The molecule has 0 aromatic carbocycles. The molecule has 2 nitrogen and oxygen atoms in total. The van der Waals surface area contributed by atoms with Crippen molar-refractivity contribution in [2.45, 2.75) is 128 Å². The molecule has 0 radical (unpaired) electrons. The van der Waals surface area contributed by atoms with Crippen LogP contribution in [0.3, 0.4) is 0 Å². The summed E-state index contributed by atoms with van der Waals surface area (Å²) in [7, 11) is 0. The van der Waals surface area contributed by atoms with Crippen molar-refractivity contribution in [1.29, 1.82) is 0 Å². The van der Waals surface area contributed by atoms with Crippen molar-refractivity contribution < 1.29 is 18.3 Å². The molecule has 2 unspecified atom stereocenters. The van der Waals surface area contributed by atoms with Crippen LogP contribution in [-0.4, -0.2) is 25.4 Å². The fourth-order valence-corrected chi connectivity index (χ4v) is 7.77. The molecule has 1 aliphatic heterocycles. The van der Waals surface area contributed by atoms with E-state index in [2.05, 4.69) is 19.1 Å². The Kier molecular flexibility index (Phi) is 11.8. The minimum Gasteiger partial charge on any atom is -0.378 e. The molecule has 0 amide bonds. The first-order valence-corrected chi connectivity index (χ1v) is 15.5. The van der Waals surface area contributed by atoms with Crippen molar-refractivity contribution in [2.24, 2.45) is 35.5 Å². The van der Waals surface area contributed by atoms with E-state index in [1.54, 1.807) is 0 Å². The monoisotopic (exact) mass is 506 g/mol. The van der Waals surface area contributed by atoms with E-state index in [0.29, 0.717) is 12.2 Å². The van der Waals surface area contributed by atoms with Crippen molar-refractivity contribution >= 4 is 0 Å². The Bertz CT molecular complexity index is 656. The highest BCUT2D eigenvalue weighted by Gasteiger charge is 2.32. The molecule has 3 saturated carbocycles. The van der Waals surface area contributed by atoms with E-state index in [0.717, 1.165) is 81.3 Å². The summed E-state index contributed by atoms with van der Waals surface area (Å²) >= 11 is 0. The van der Waals surface area contributed by atoms with Crippen molar-refractivity contribution in [2.75, 3.05) is 13.2 Å². The maximum absolute atomic E-state index is 12.5. The molecular formula is C32H52F2O2. The van der Waals surface area contributed by atoms with Gasteiger partial charge in [-0.05, 0) is 151 Å². The number of rotatable bonds is 10. The van der Waals surface area contributed by atoms with Crippen LogP contribution in [0.25, 0.3) is 0 Å². The highest BCUT2D eigenvalue weighted by atomic mass is 19.3. The maximum atomic E-state index is 12.5. The topological polar surface area (TPSA) is 18.5 Å². The van der Waals surface area contributed by atoms with Crippen molar-refractivity contribution in [3.05, 3.63) is 24.3 Å². The normalized spacial score (nSPS) is 38.2. The number of ether oxygens (including phenoxy) is 2. The molecule has 4 aliphatic rings. The SMILES string of the molecule is CCC=CC1CCC(C2CCC(CCCOC3CCC(C4CCC(C=C(F)F)CC4)CC3)CO2)CC1. The third kappa shape index (κ3) is 8.93. The lowest BCUT2D eigenvalue weighted by Gasteiger charge is -2.38. The minimum absolute atomic E-state index is 0.111. The molecule has 0 bridgehead atoms. The molecule has 0 N–H and O–H groups in total. The second-order valence-electron chi connectivity index (χ2n) is 12.5. The van der Waals surface area contributed by atoms with Crippen LogP contribution in [0.5, 0.6) is 0 Å². The molecule has 206 valence electrons. The summed E-state index contributed by atoms with van der Waals surface area (Å²) in [5, 5.41) is 0. The van der Waals surface area contributed by atoms with Gasteiger partial charge in [-0.1, -0.05) is 19.1 Å². The number of allylic oxidation sites excluding steroid dienone is 3. The van der Waals surface area contributed by atoms with Crippen LogP contribution in [0.4, 0.5) is 8.78 Å². The first-order valence-electron chi connectivity index (χ1n) is 15.5. The van der Waals surface area contributed by atoms with E-state index < -0.39 is 6.08 Å². The third-order valence-electron chi connectivity index (χ3n) is 10.1. The number of halogens is 2. The van der Waals surface area contributed by atoms with Gasteiger partial charge in [-0.2, -0.15) is 8.78 Å². The van der Waals surface area contributed by atoms with Crippen LogP contribution in [0, 0.1) is 35.5 Å². The second kappa shape index (κ2) is 15.0. The van der Waals surface area contributed by atoms with E-state index in [1.165, 1.54) is 76.7 Å². The van der Waals surface area contributed by atoms with Crippen LogP contribution in [0.2, 0.25) is 0 Å². The lowest BCUT2D eigenvalue weighted by molar-refractivity contribution is -0.0607. The Morgan fingerprint density at radius 3 is 2.03 bits per heavy atom. The Balaban J connectivity index is 1.02. The second-order valence-corrected chi connectivity index (χ2v) is 12.5. The zero-order chi connectivity index (χ0) is 25.2. The van der Waals surface area contributed by atoms with Gasteiger partial charge in [-0.3, -0.25) is 0 Å². The fourth-order valence-electron chi connectivity index (χ4n) is 7.77. The van der Waals surface area contributed by atoms with Crippen LogP contribution >= 0.6 is 0 Å². The number of hydrogen-bond donors (Lipinski definition) is 0. The first kappa shape index (κ1) is 28.3. The third-order valence-corrected chi connectivity index (χ3v) is 10.1. The zero-order valence-corrected chi connectivity index (χ0v) is 22.9. The van der Waals surface area contributed by atoms with Gasteiger partial charge in [0.2, 0.25) is 0 Å². The lowest BCUT2D eigenvalue weighted by Crippen LogP contribution is -2.34. The fraction of sp³-hybridized carbons (Fsp3) is 0.875. The molecule has 2 atom stereocenters. The minimum atomic E-state index is -1.50. The molecule has 0 spiro atoms. The quantitative estimate of drug-likeness (QED) is 0.217. The summed E-state index contributed by atoms with van der Waals surface area (Å²) in [6, 6.07) is 0. The van der Waals surface area contributed by atoms with E-state index in [4.69, 9.17) is 9.47 Å². The Hall–Kier alpha value is -0.740. The predicted octanol–water partition coefficient (Wildman–Crippen LogP) is 9.50. The zero-order valence-electron chi connectivity index (χ0n) is 22.9. The molecule has 4 fully saturated rings. The molecule has 36 heavy (non-hydrogen) atoms. The predicted molar refractivity (Wildman–Crippen MR) is 144 cm³/mol. The van der Waals surface area contributed by atoms with Crippen molar-refractivity contribution in [3.63, 3.8) is 0 Å². The Morgan fingerprint density at radius 2 is 1.42 bits per heavy atom. The Morgan fingerprint density at radius 1 is 0.778 bits per heavy atom. The molecule has 1 saturated heterocycles. The highest BCUT2D eigenvalue weighted by molar-refractivity contribution is 4.93. The largest absolute Gasteiger partial charge is 0.378 e. The van der Waals surface area contributed by atoms with Gasteiger partial charge in [-0.15, -0.1) is 0 Å². The molecule has 0 aromatic heterocycles. The molecule has 4 rings (SSSR count). The maximum Gasteiger partial charge on any atom is 0.266 e. The van der Waals surface area contributed by atoms with E-state index in [-0.39, 0.29) is 5.92 Å². The van der Waals surface area contributed by atoms with Gasteiger partial charge in [0.1, 0.15) is 0 Å². The van der Waals surface area contributed by atoms with E-state index in [9.17, 15) is 8.78 Å². The average molecular weight is 507 g/mol. The first-order chi connectivity index (χ1) is 17.6. The molecule has 0 aromatic rings. The van der Waals surface area contributed by atoms with Crippen LogP contribution in [0.1, 0.15) is 116 Å². The number of hydrogen-bond acceptors (Lipinski definition) is 2. The van der Waals surface area contributed by atoms with Crippen LogP contribution in [-0.2, 0) is 9.47 Å². The lowest BCUT2D eigenvalue weighted by atomic mass is 9.70. The van der Waals surface area contributed by atoms with Gasteiger partial charge in [0, 0.05) is 13.2 Å². The summed E-state index contributed by atoms with van der Waals surface area (Å²) in [6.45, 7) is 4.08. The highest BCUT2D eigenvalue weighted by Crippen LogP contribution is 2.41. The summed E-state index contributed by atoms with van der Waals surface area (Å²) < 4.78 is 37.7. The molecule has 4 heteroatoms. The summed E-state index contributed by atoms with van der Waals surface area (Å²) in [5.74, 6) is 3.98. The summed E-state index contributed by atoms with van der Waals surface area (Å²) in [6.07, 6.45) is 26.1. The average Bonchev–Trinajstić information content (AvgIpc) is 2.91. The van der Waals surface area contributed by atoms with Crippen LogP contribution < -0.4 is 0 Å². The standard InChI is InChI=1S/C32H52F2O2/c1-2-3-5-24-7-14-29(15-8-24)31-20-11-26(23-36-31)6-4-21-35-30-18-16-28(17-19-30)27-12-9-25(10-13-27)22-32(33)34/h3,5,22,24-31H,2,4,6-21,23H2,1H3. The van der Waals surface area contributed by atoms with Gasteiger partial charge >= 0.3 is 0 Å². The van der Waals surface area contributed by atoms with E-state index in [1.807, 2.05) is 0 Å². The van der Waals surface area contributed by atoms with Crippen LogP contribution in [0.15, 0.2) is 24.3 Å². The van der Waals surface area contributed by atoms with Gasteiger partial charge in [-0.25, -0.2) is 0 Å². The van der Waals surface area contributed by atoms with Gasteiger partial charge in [0.05, 0.1) is 12.2 Å². The molecule has 1 heterocycles. The summed E-state index contributed by atoms with van der Waals surface area (Å²) in [5.41, 5.74) is 0. The smallest absolute Gasteiger partial charge is 0.266 e. The van der Waals surface area contributed by atoms with Gasteiger partial charge in [0.15, 0.2) is 0 Å². The van der Waals surface area contributed by atoms with E-state index >= 15 is 0 Å². The summed E-state index contributed by atoms with van der Waals surface area (Å²) in [4.78, 5) is 0. The molecule has 3 aliphatic carbocycles. The van der Waals surface area contributed by atoms with Crippen molar-refractivity contribution in [1.82, 2.24) is 0 Å². The Labute approximate surface area is 219 Å².